The summed E-state index contributed by atoms with van der Waals surface area (Å²) in [6.45, 7) is 1.60. The van der Waals surface area contributed by atoms with Crippen LogP contribution in [-0.4, -0.2) is 60.5 Å². The lowest BCUT2D eigenvalue weighted by Crippen LogP contribution is -2.47. The van der Waals surface area contributed by atoms with Crippen molar-refractivity contribution in [1.29, 1.82) is 0 Å². The van der Waals surface area contributed by atoms with Crippen LogP contribution in [0.15, 0.2) is 28.5 Å². The standard InChI is InChI=1S/C14H15N3O5/c18-12(16-3-6-21-7-4-16)9-17-13(19)11(15-14(17)20)8-10-2-1-5-22-10/h1-2,5,8H,3-4,6-7,9H2,(H,15,20)/b11-8-. The third kappa shape index (κ3) is 2.86. The van der Waals surface area contributed by atoms with Gasteiger partial charge in [-0.05, 0) is 12.1 Å². The Balaban J connectivity index is 1.68. The van der Waals surface area contributed by atoms with Crippen LogP contribution < -0.4 is 5.32 Å². The molecule has 1 aromatic heterocycles. The van der Waals surface area contributed by atoms with Crippen LogP contribution in [0.3, 0.4) is 0 Å². The number of furan rings is 1. The summed E-state index contributed by atoms with van der Waals surface area (Å²) in [7, 11) is 0. The van der Waals surface area contributed by atoms with Gasteiger partial charge in [0.15, 0.2) is 0 Å². The summed E-state index contributed by atoms with van der Waals surface area (Å²) in [4.78, 5) is 38.7. The number of amides is 4. The van der Waals surface area contributed by atoms with Gasteiger partial charge in [0, 0.05) is 19.2 Å². The van der Waals surface area contributed by atoms with Crippen molar-refractivity contribution in [2.24, 2.45) is 0 Å². The Morgan fingerprint density at radius 3 is 2.77 bits per heavy atom. The second kappa shape index (κ2) is 6.02. The molecule has 3 heterocycles. The quantitative estimate of drug-likeness (QED) is 0.628. The molecule has 0 saturated carbocycles. The van der Waals surface area contributed by atoms with Crippen molar-refractivity contribution in [2.75, 3.05) is 32.8 Å². The molecule has 4 amide bonds. The van der Waals surface area contributed by atoms with E-state index in [4.69, 9.17) is 9.15 Å². The van der Waals surface area contributed by atoms with E-state index >= 15 is 0 Å². The maximum absolute atomic E-state index is 12.2. The minimum absolute atomic E-state index is 0.0923. The Bertz CT molecular complexity index is 616. The van der Waals surface area contributed by atoms with Gasteiger partial charge in [-0.15, -0.1) is 0 Å². The van der Waals surface area contributed by atoms with Crippen LogP contribution in [-0.2, 0) is 14.3 Å². The van der Waals surface area contributed by atoms with Crippen LogP contribution in [0.4, 0.5) is 4.79 Å². The number of hydrogen-bond donors (Lipinski definition) is 1. The first kappa shape index (κ1) is 14.3. The number of morpholine rings is 1. The summed E-state index contributed by atoms with van der Waals surface area (Å²) < 4.78 is 10.3. The van der Waals surface area contributed by atoms with E-state index in [-0.39, 0.29) is 18.1 Å². The number of ether oxygens (including phenoxy) is 1. The molecule has 0 unspecified atom stereocenters. The molecular weight excluding hydrogens is 290 g/mol. The van der Waals surface area contributed by atoms with Crippen LogP contribution >= 0.6 is 0 Å². The van der Waals surface area contributed by atoms with Crippen LogP contribution in [0.5, 0.6) is 0 Å². The molecule has 1 N–H and O–H groups in total. The fourth-order valence-corrected chi connectivity index (χ4v) is 2.28. The molecule has 22 heavy (non-hydrogen) atoms. The summed E-state index contributed by atoms with van der Waals surface area (Å²) in [5.41, 5.74) is 0.0923. The average Bonchev–Trinajstić information content (AvgIpc) is 3.12. The number of rotatable bonds is 3. The van der Waals surface area contributed by atoms with Crippen molar-refractivity contribution >= 4 is 23.9 Å². The zero-order valence-corrected chi connectivity index (χ0v) is 11.8. The number of nitrogens with zero attached hydrogens (tertiary/aromatic N) is 2. The molecule has 2 saturated heterocycles. The monoisotopic (exact) mass is 305 g/mol. The molecular formula is C14H15N3O5. The minimum atomic E-state index is -0.607. The third-order valence-corrected chi connectivity index (χ3v) is 3.45. The van der Waals surface area contributed by atoms with Crippen molar-refractivity contribution in [1.82, 2.24) is 15.1 Å². The normalized spacial score (nSPS) is 20.6. The molecule has 0 spiro atoms. The van der Waals surface area contributed by atoms with Gasteiger partial charge in [0.2, 0.25) is 5.91 Å². The van der Waals surface area contributed by atoms with Gasteiger partial charge in [-0.3, -0.25) is 9.59 Å². The van der Waals surface area contributed by atoms with Crippen molar-refractivity contribution in [2.45, 2.75) is 0 Å². The smallest absolute Gasteiger partial charge is 0.329 e. The molecule has 2 fully saturated rings. The minimum Gasteiger partial charge on any atom is -0.465 e. The van der Waals surface area contributed by atoms with Gasteiger partial charge < -0.3 is 19.4 Å². The van der Waals surface area contributed by atoms with Crippen LogP contribution in [0, 0.1) is 0 Å². The van der Waals surface area contributed by atoms with Gasteiger partial charge in [0.25, 0.3) is 5.91 Å². The molecule has 0 atom stereocenters. The second-order valence-corrected chi connectivity index (χ2v) is 4.89. The topological polar surface area (TPSA) is 92.1 Å². The van der Waals surface area contributed by atoms with E-state index in [2.05, 4.69) is 5.32 Å². The zero-order valence-electron chi connectivity index (χ0n) is 11.8. The summed E-state index contributed by atoms with van der Waals surface area (Å²) in [5, 5.41) is 2.44. The number of imide groups is 1. The lowest BCUT2D eigenvalue weighted by molar-refractivity contribution is -0.139. The highest BCUT2D eigenvalue weighted by atomic mass is 16.5. The van der Waals surface area contributed by atoms with E-state index in [1.165, 1.54) is 12.3 Å². The number of carbonyl (C=O) groups excluding carboxylic acids is 3. The molecule has 3 rings (SSSR count). The Kier molecular flexibility index (Phi) is 3.92. The largest absolute Gasteiger partial charge is 0.465 e. The van der Waals surface area contributed by atoms with Crippen molar-refractivity contribution in [3.63, 3.8) is 0 Å². The molecule has 0 aromatic carbocycles. The van der Waals surface area contributed by atoms with Crippen LogP contribution in [0.2, 0.25) is 0 Å². The second-order valence-electron chi connectivity index (χ2n) is 4.89. The van der Waals surface area contributed by atoms with E-state index in [0.717, 1.165) is 4.90 Å². The summed E-state index contributed by atoms with van der Waals surface area (Å²) in [6.07, 6.45) is 2.90. The highest BCUT2D eigenvalue weighted by Gasteiger charge is 2.36. The van der Waals surface area contributed by atoms with Gasteiger partial charge in [0.05, 0.1) is 19.5 Å². The first-order valence-electron chi connectivity index (χ1n) is 6.89. The average molecular weight is 305 g/mol. The molecule has 2 aliphatic rings. The van der Waals surface area contributed by atoms with Crippen LogP contribution in [0.1, 0.15) is 5.76 Å². The van der Waals surface area contributed by atoms with Gasteiger partial charge in [0.1, 0.15) is 18.0 Å². The highest BCUT2D eigenvalue weighted by Crippen LogP contribution is 2.14. The van der Waals surface area contributed by atoms with Crippen molar-refractivity contribution in [3.8, 4) is 0 Å². The molecule has 8 heteroatoms. The predicted molar refractivity (Wildman–Crippen MR) is 74.3 cm³/mol. The Labute approximate surface area is 126 Å². The first-order valence-corrected chi connectivity index (χ1v) is 6.89. The maximum Gasteiger partial charge on any atom is 0.329 e. The Hall–Kier alpha value is -2.61. The number of carbonyl (C=O) groups is 3. The number of hydrogen-bond acceptors (Lipinski definition) is 5. The maximum atomic E-state index is 12.2. The van der Waals surface area contributed by atoms with Gasteiger partial charge in [-0.25, -0.2) is 9.69 Å². The lowest BCUT2D eigenvalue weighted by Gasteiger charge is -2.27. The van der Waals surface area contributed by atoms with E-state index < -0.39 is 11.9 Å². The van der Waals surface area contributed by atoms with Crippen molar-refractivity contribution in [3.05, 3.63) is 29.9 Å². The van der Waals surface area contributed by atoms with E-state index in [1.54, 1.807) is 17.0 Å². The lowest BCUT2D eigenvalue weighted by atomic mass is 10.3. The summed E-state index contributed by atoms with van der Waals surface area (Å²) in [5.74, 6) is -0.362. The van der Waals surface area contributed by atoms with E-state index in [1.807, 2.05) is 0 Å². The fourth-order valence-electron chi connectivity index (χ4n) is 2.28. The SMILES string of the molecule is O=C(CN1C(=O)N/C(=C\c2ccco2)C1=O)N1CCOCC1. The van der Waals surface area contributed by atoms with Crippen LogP contribution in [0.25, 0.3) is 6.08 Å². The molecule has 8 nitrogen and oxygen atoms in total. The summed E-state index contributed by atoms with van der Waals surface area (Å²) >= 11 is 0. The van der Waals surface area contributed by atoms with Gasteiger partial charge in [-0.2, -0.15) is 0 Å². The summed E-state index contributed by atoms with van der Waals surface area (Å²) in [6, 6.07) is 2.73. The molecule has 0 bridgehead atoms. The molecule has 1 aromatic rings. The fraction of sp³-hybridized carbons (Fsp3) is 0.357. The predicted octanol–water partition coefficient (Wildman–Crippen LogP) is 0.0311. The van der Waals surface area contributed by atoms with Gasteiger partial charge in [-0.1, -0.05) is 0 Å². The third-order valence-electron chi connectivity index (χ3n) is 3.45. The Morgan fingerprint density at radius 1 is 1.32 bits per heavy atom. The van der Waals surface area contributed by atoms with E-state index in [0.29, 0.717) is 32.1 Å². The van der Waals surface area contributed by atoms with E-state index in [9.17, 15) is 14.4 Å². The molecule has 0 aliphatic carbocycles. The molecule has 116 valence electrons. The molecule has 0 radical (unpaired) electrons. The van der Waals surface area contributed by atoms with Crippen molar-refractivity contribution < 1.29 is 23.5 Å². The Morgan fingerprint density at radius 2 is 2.09 bits per heavy atom. The highest BCUT2D eigenvalue weighted by molar-refractivity contribution is 6.15. The number of urea groups is 1. The number of nitrogens with one attached hydrogen (secondary N) is 1. The molecule has 2 aliphatic heterocycles. The zero-order chi connectivity index (χ0) is 15.5. The first-order chi connectivity index (χ1) is 10.6. The van der Waals surface area contributed by atoms with Gasteiger partial charge >= 0.3 is 6.03 Å².